The smallest absolute Gasteiger partial charge is 0.336 e. The van der Waals surface area contributed by atoms with Gasteiger partial charge in [-0.25, -0.2) is 9.07 Å². The molecule has 0 bridgehead atoms. The number of hydrogen-bond donors (Lipinski definition) is 1. The summed E-state index contributed by atoms with van der Waals surface area (Å²) < 4.78 is 26.8. The number of nitrogens with one attached hydrogen (secondary N) is 1. The van der Waals surface area contributed by atoms with Gasteiger partial charge in [-0.3, -0.25) is 14.9 Å². The number of anilines is 1. The number of nitro groups is 1. The Morgan fingerprint density at radius 2 is 1.86 bits per heavy atom. The Morgan fingerprint density at radius 1 is 1.08 bits per heavy atom. The van der Waals surface area contributed by atoms with Crippen LogP contribution in [0.15, 0.2) is 72.8 Å². The quantitative estimate of drug-likeness (QED) is 0.195. The van der Waals surface area contributed by atoms with Crippen LogP contribution in [0, 0.1) is 15.9 Å². The Balaban J connectivity index is 1.58. The zero-order chi connectivity index (χ0) is 25.5. The Hall–Kier alpha value is -4.64. The molecule has 36 heavy (non-hydrogen) atoms. The molecule has 1 aromatic heterocycles. The molecular weight excluding hydrogens is 469 g/mol. The van der Waals surface area contributed by atoms with Crippen LogP contribution in [0.2, 0.25) is 0 Å². The van der Waals surface area contributed by atoms with Gasteiger partial charge in [0.05, 0.1) is 22.8 Å². The summed E-state index contributed by atoms with van der Waals surface area (Å²) >= 11 is 0. The zero-order valence-electron chi connectivity index (χ0n) is 19.3. The van der Waals surface area contributed by atoms with E-state index in [0.717, 1.165) is 0 Å². The van der Waals surface area contributed by atoms with Crippen molar-refractivity contribution >= 4 is 17.3 Å². The number of nitro benzene ring substituents is 1. The summed E-state index contributed by atoms with van der Waals surface area (Å²) in [5, 5.41) is 18.0. The molecule has 0 aliphatic heterocycles. The zero-order valence-corrected chi connectivity index (χ0v) is 19.3. The average Bonchev–Trinajstić information content (AvgIpc) is 3.31. The second-order valence-corrected chi connectivity index (χ2v) is 7.46. The number of nitrogens with zero attached hydrogens (tertiary/aromatic N) is 4. The predicted octanol–water partition coefficient (Wildman–Crippen LogP) is 4.65. The number of carbonyl (C=O) groups excluding carboxylic acids is 1. The van der Waals surface area contributed by atoms with Crippen molar-refractivity contribution in [1.82, 2.24) is 14.8 Å². The predicted molar refractivity (Wildman–Crippen MR) is 130 cm³/mol. The highest BCUT2D eigenvalue weighted by Crippen LogP contribution is 2.26. The largest absolute Gasteiger partial charge is 0.460 e. The molecule has 4 aromatic rings. The minimum Gasteiger partial charge on any atom is -0.460 e. The fraction of sp³-hybridized carbons (Fsp3) is 0.160. The van der Waals surface area contributed by atoms with Crippen LogP contribution in [-0.4, -0.2) is 45.4 Å². The maximum atomic E-state index is 14.5. The van der Waals surface area contributed by atoms with Crippen molar-refractivity contribution < 1.29 is 23.6 Å². The van der Waals surface area contributed by atoms with Crippen LogP contribution in [0.5, 0.6) is 6.01 Å². The number of rotatable bonds is 10. The molecular formula is C25H22FN5O5. The molecule has 10 nitrogen and oxygen atoms in total. The fourth-order valence-electron chi connectivity index (χ4n) is 3.34. The van der Waals surface area contributed by atoms with Crippen LogP contribution < -0.4 is 10.1 Å². The molecule has 0 saturated carbocycles. The van der Waals surface area contributed by atoms with E-state index in [1.54, 1.807) is 42.5 Å². The van der Waals surface area contributed by atoms with Gasteiger partial charge in [-0.2, -0.15) is 4.98 Å². The molecule has 0 aliphatic carbocycles. The highest BCUT2D eigenvalue weighted by Gasteiger charge is 2.18. The molecule has 1 N–H and O–H groups in total. The number of halogens is 1. The lowest BCUT2D eigenvalue weighted by atomic mass is 10.2. The second kappa shape index (κ2) is 11.2. The first-order chi connectivity index (χ1) is 17.5. The first-order valence-corrected chi connectivity index (χ1v) is 11.0. The third-order valence-corrected chi connectivity index (χ3v) is 5.05. The molecule has 0 fully saturated rings. The summed E-state index contributed by atoms with van der Waals surface area (Å²) in [5.74, 6) is -0.718. The van der Waals surface area contributed by atoms with E-state index in [-0.39, 0.29) is 35.3 Å². The van der Waals surface area contributed by atoms with Gasteiger partial charge >= 0.3 is 6.01 Å². The summed E-state index contributed by atoms with van der Waals surface area (Å²) in [5.41, 5.74) is 1.22. The van der Waals surface area contributed by atoms with Crippen molar-refractivity contribution in [2.45, 2.75) is 6.92 Å². The van der Waals surface area contributed by atoms with E-state index in [1.165, 1.54) is 35.0 Å². The Kier molecular flexibility index (Phi) is 7.61. The standard InChI is InChI=1S/C25H22FN5O5/c1-2-35-14-15-36-25-28-23(21-8-3-4-9-22(21)26)30(29-25)19-12-10-18(11-13-19)27-24(32)17-6-5-7-20(16-17)31(33)34/h3-13,16H,2,14-15H2,1H3,(H,27,32). The summed E-state index contributed by atoms with van der Waals surface area (Å²) in [6, 6.07) is 18.3. The van der Waals surface area contributed by atoms with Crippen LogP contribution >= 0.6 is 0 Å². The Bertz CT molecular complexity index is 1370. The van der Waals surface area contributed by atoms with Gasteiger partial charge < -0.3 is 14.8 Å². The summed E-state index contributed by atoms with van der Waals surface area (Å²) in [4.78, 5) is 27.3. The number of benzene rings is 3. The number of amides is 1. The lowest BCUT2D eigenvalue weighted by Crippen LogP contribution is -2.12. The molecule has 0 spiro atoms. The van der Waals surface area contributed by atoms with Crippen molar-refractivity contribution in [1.29, 1.82) is 0 Å². The highest BCUT2D eigenvalue weighted by atomic mass is 19.1. The Morgan fingerprint density at radius 3 is 2.58 bits per heavy atom. The van der Waals surface area contributed by atoms with E-state index in [0.29, 0.717) is 24.6 Å². The van der Waals surface area contributed by atoms with E-state index in [2.05, 4.69) is 15.4 Å². The number of hydrogen-bond acceptors (Lipinski definition) is 7. The fourth-order valence-corrected chi connectivity index (χ4v) is 3.34. The number of carbonyl (C=O) groups is 1. The van der Waals surface area contributed by atoms with Gasteiger partial charge in [-0.05, 0) is 49.4 Å². The van der Waals surface area contributed by atoms with E-state index in [9.17, 15) is 19.3 Å². The molecule has 1 heterocycles. The first kappa shape index (κ1) is 24.5. The average molecular weight is 491 g/mol. The molecule has 0 radical (unpaired) electrons. The second-order valence-electron chi connectivity index (χ2n) is 7.46. The van der Waals surface area contributed by atoms with Crippen LogP contribution in [0.25, 0.3) is 17.1 Å². The third-order valence-electron chi connectivity index (χ3n) is 5.05. The number of aromatic nitrogens is 3. The van der Waals surface area contributed by atoms with Crippen LogP contribution in [0.3, 0.4) is 0 Å². The normalized spacial score (nSPS) is 10.7. The van der Waals surface area contributed by atoms with Gasteiger partial charge in [0.25, 0.3) is 11.6 Å². The van der Waals surface area contributed by atoms with Crippen molar-refractivity contribution in [3.05, 3.63) is 94.3 Å². The highest BCUT2D eigenvalue weighted by molar-refractivity contribution is 6.04. The monoisotopic (exact) mass is 491 g/mol. The Labute approximate surface area is 205 Å². The molecule has 0 atom stereocenters. The van der Waals surface area contributed by atoms with E-state index >= 15 is 0 Å². The van der Waals surface area contributed by atoms with Crippen LogP contribution in [0.4, 0.5) is 15.8 Å². The van der Waals surface area contributed by atoms with Crippen molar-refractivity contribution in [2.24, 2.45) is 0 Å². The minimum absolute atomic E-state index is 0.0657. The van der Waals surface area contributed by atoms with Crippen LogP contribution in [-0.2, 0) is 4.74 Å². The summed E-state index contributed by atoms with van der Waals surface area (Å²) in [7, 11) is 0. The van der Waals surface area contributed by atoms with Gasteiger partial charge in [-0.15, -0.1) is 5.10 Å². The molecule has 184 valence electrons. The summed E-state index contributed by atoms with van der Waals surface area (Å²) in [6.45, 7) is 3.02. The molecule has 11 heteroatoms. The molecule has 0 unspecified atom stereocenters. The van der Waals surface area contributed by atoms with Crippen molar-refractivity contribution in [2.75, 3.05) is 25.1 Å². The van der Waals surface area contributed by atoms with Crippen molar-refractivity contribution in [3.8, 4) is 23.1 Å². The number of ether oxygens (including phenoxy) is 2. The van der Waals surface area contributed by atoms with E-state index in [1.807, 2.05) is 6.92 Å². The van der Waals surface area contributed by atoms with Gasteiger partial charge in [0.1, 0.15) is 12.4 Å². The maximum Gasteiger partial charge on any atom is 0.336 e. The topological polar surface area (TPSA) is 121 Å². The van der Waals surface area contributed by atoms with Crippen LogP contribution in [0.1, 0.15) is 17.3 Å². The number of non-ortho nitro benzene ring substituents is 1. The van der Waals surface area contributed by atoms with E-state index < -0.39 is 16.6 Å². The van der Waals surface area contributed by atoms with Crippen molar-refractivity contribution in [3.63, 3.8) is 0 Å². The lowest BCUT2D eigenvalue weighted by molar-refractivity contribution is -0.384. The SMILES string of the molecule is CCOCCOc1nc(-c2ccccc2F)n(-c2ccc(NC(=O)c3cccc([N+](=O)[O-])c3)cc2)n1. The minimum atomic E-state index is -0.564. The molecule has 3 aromatic carbocycles. The van der Waals surface area contributed by atoms with Gasteiger partial charge in [-0.1, -0.05) is 18.2 Å². The van der Waals surface area contributed by atoms with Gasteiger partial charge in [0, 0.05) is 30.0 Å². The first-order valence-electron chi connectivity index (χ1n) is 11.0. The lowest BCUT2D eigenvalue weighted by Gasteiger charge is -2.09. The molecule has 0 aliphatic rings. The van der Waals surface area contributed by atoms with E-state index in [4.69, 9.17) is 9.47 Å². The molecule has 0 saturated heterocycles. The molecule has 1 amide bonds. The summed E-state index contributed by atoms with van der Waals surface area (Å²) in [6.07, 6.45) is 0. The van der Waals surface area contributed by atoms with Gasteiger partial charge in [0.2, 0.25) is 0 Å². The third kappa shape index (κ3) is 5.70. The van der Waals surface area contributed by atoms with Gasteiger partial charge in [0.15, 0.2) is 5.82 Å². The maximum absolute atomic E-state index is 14.5. The molecule has 4 rings (SSSR count).